The first-order chi connectivity index (χ1) is 8.08. The molecule has 100 valence electrons. The van der Waals surface area contributed by atoms with Crippen molar-refractivity contribution in [1.29, 1.82) is 0 Å². The molecule has 2 aliphatic rings. The Hall–Kier alpha value is -0.210. The molecule has 1 aliphatic carbocycles. The van der Waals surface area contributed by atoms with Crippen LogP contribution in [0, 0.1) is 5.41 Å². The Morgan fingerprint density at radius 3 is 2.47 bits per heavy atom. The maximum Gasteiger partial charge on any atom is 0.279 e. The minimum Gasteiger partial charge on any atom is -0.396 e. The number of rotatable bonds is 6. The van der Waals surface area contributed by atoms with E-state index in [9.17, 15) is 8.42 Å². The Balaban J connectivity index is 1.84. The predicted octanol–water partition coefficient (Wildman–Crippen LogP) is -1.11. The predicted molar refractivity (Wildman–Crippen MR) is 64.7 cm³/mol. The summed E-state index contributed by atoms with van der Waals surface area (Å²) in [4.78, 5) is 0. The summed E-state index contributed by atoms with van der Waals surface area (Å²) in [5, 5.41) is 12.0. The van der Waals surface area contributed by atoms with Crippen molar-refractivity contribution in [3.05, 3.63) is 0 Å². The molecule has 1 saturated carbocycles. The van der Waals surface area contributed by atoms with Gasteiger partial charge in [0.25, 0.3) is 10.2 Å². The van der Waals surface area contributed by atoms with Crippen molar-refractivity contribution in [1.82, 2.24) is 14.3 Å². The fourth-order valence-corrected chi connectivity index (χ4v) is 3.48. The highest BCUT2D eigenvalue weighted by Gasteiger charge is 2.42. The second kappa shape index (κ2) is 5.19. The summed E-state index contributed by atoms with van der Waals surface area (Å²) in [5.74, 6) is 0. The van der Waals surface area contributed by atoms with Gasteiger partial charge in [0, 0.05) is 39.3 Å². The molecule has 0 aromatic rings. The van der Waals surface area contributed by atoms with Crippen molar-refractivity contribution in [3.63, 3.8) is 0 Å². The first-order valence-corrected chi connectivity index (χ1v) is 7.58. The van der Waals surface area contributed by atoms with Crippen LogP contribution < -0.4 is 10.0 Å². The number of hydrogen-bond donors (Lipinski definition) is 3. The zero-order valence-electron chi connectivity index (χ0n) is 9.98. The number of hydrogen-bond acceptors (Lipinski definition) is 4. The van der Waals surface area contributed by atoms with Crippen LogP contribution in [0.3, 0.4) is 0 Å². The van der Waals surface area contributed by atoms with Gasteiger partial charge in [-0.3, -0.25) is 0 Å². The van der Waals surface area contributed by atoms with Gasteiger partial charge in [0.15, 0.2) is 0 Å². The molecule has 2 fully saturated rings. The highest BCUT2D eigenvalue weighted by atomic mass is 32.2. The first kappa shape index (κ1) is 13.2. The van der Waals surface area contributed by atoms with E-state index in [0.717, 1.165) is 12.8 Å². The van der Waals surface area contributed by atoms with Crippen LogP contribution in [-0.2, 0) is 10.2 Å². The third-order valence-corrected chi connectivity index (χ3v) is 5.20. The molecule has 7 heteroatoms. The largest absolute Gasteiger partial charge is 0.396 e. The lowest BCUT2D eigenvalue weighted by atomic mass is 10.0. The zero-order chi connectivity index (χ0) is 12.4. The second-order valence-corrected chi connectivity index (χ2v) is 6.70. The Kier molecular flexibility index (Phi) is 4.04. The molecule has 0 spiro atoms. The summed E-state index contributed by atoms with van der Waals surface area (Å²) in [6, 6.07) is 0. The highest BCUT2D eigenvalue weighted by Crippen LogP contribution is 2.48. The van der Waals surface area contributed by atoms with Crippen LogP contribution in [0.5, 0.6) is 0 Å². The van der Waals surface area contributed by atoms with Crippen LogP contribution >= 0.6 is 0 Å². The summed E-state index contributed by atoms with van der Waals surface area (Å²) in [6.45, 7) is 3.07. The average Bonchev–Trinajstić information content (AvgIpc) is 3.09. The Morgan fingerprint density at radius 2 is 1.94 bits per heavy atom. The van der Waals surface area contributed by atoms with Gasteiger partial charge in [0.2, 0.25) is 0 Å². The monoisotopic (exact) mass is 263 g/mol. The van der Waals surface area contributed by atoms with E-state index in [1.54, 1.807) is 0 Å². The maximum absolute atomic E-state index is 12.0. The summed E-state index contributed by atoms with van der Waals surface area (Å²) in [6.07, 6.45) is 2.71. The van der Waals surface area contributed by atoms with E-state index in [1.165, 1.54) is 4.31 Å². The normalized spacial score (nSPS) is 24.8. The minimum absolute atomic E-state index is 0.0237. The lowest BCUT2D eigenvalue weighted by Crippen LogP contribution is -2.51. The van der Waals surface area contributed by atoms with E-state index in [2.05, 4.69) is 10.0 Å². The summed E-state index contributed by atoms with van der Waals surface area (Å²) < 4.78 is 28.1. The molecule has 1 heterocycles. The Morgan fingerprint density at radius 1 is 1.29 bits per heavy atom. The molecule has 3 N–H and O–H groups in total. The summed E-state index contributed by atoms with van der Waals surface area (Å²) >= 11 is 0. The number of nitrogens with one attached hydrogen (secondary N) is 2. The molecule has 0 radical (unpaired) electrons. The van der Waals surface area contributed by atoms with Crippen molar-refractivity contribution in [3.8, 4) is 0 Å². The van der Waals surface area contributed by atoms with Crippen LogP contribution in [0.15, 0.2) is 0 Å². The average molecular weight is 263 g/mol. The van der Waals surface area contributed by atoms with Crippen LogP contribution in [0.25, 0.3) is 0 Å². The molecule has 0 aromatic heterocycles. The number of nitrogens with zero attached hydrogens (tertiary/aromatic N) is 1. The van der Waals surface area contributed by atoms with E-state index in [4.69, 9.17) is 5.11 Å². The molecular weight excluding hydrogens is 242 g/mol. The zero-order valence-corrected chi connectivity index (χ0v) is 10.8. The van der Waals surface area contributed by atoms with Crippen molar-refractivity contribution in [2.24, 2.45) is 5.41 Å². The lowest BCUT2D eigenvalue weighted by Gasteiger charge is -2.27. The molecule has 6 nitrogen and oxygen atoms in total. The molecule has 17 heavy (non-hydrogen) atoms. The third kappa shape index (κ3) is 3.38. The number of aliphatic hydroxyl groups excluding tert-OH is 1. The van der Waals surface area contributed by atoms with Crippen LogP contribution in [-0.4, -0.2) is 57.2 Å². The molecule has 0 amide bonds. The SMILES string of the molecule is O=S(=O)(NCC1(CCO)CC1)N1CCNCC1. The Labute approximate surface area is 103 Å². The van der Waals surface area contributed by atoms with Crippen molar-refractivity contribution >= 4 is 10.2 Å². The molecule has 0 aromatic carbocycles. The topological polar surface area (TPSA) is 81.7 Å². The van der Waals surface area contributed by atoms with Crippen molar-refractivity contribution in [2.75, 3.05) is 39.3 Å². The molecule has 1 aliphatic heterocycles. The van der Waals surface area contributed by atoms with Gasteiger partial charge in [0.1, 0.15) is 0 Å². The van der Waals surface area contributed by atoms with Crippen molar-refractivity contribution < 1.29 is 13.5 Å². The standard InChI is InChI=1S/C10H21N3O3S/c14-8-3-10(1-2-10)9-12-17(15,16)13-6-4-11-5-7-13/h11-12,14H,1-9H2. The van der Waals surface area contributed by atoms with E-state index in [1.807, 2.05) is 0 Å². The van der Waals surface area contributed by atoms with Gasteiger partial charge < -0.3 is 10.4 Å². The molecule has 2 rings (SSSR count). The quantitative estimate of drug-likeness (QED) is 0.567. The summed E-state index contributed by atoms with van der Waals surface area (Å²) in [5.41, 5.74) is 0.0237. The van der Waals surface area contributed by atoms with Gasteiger partial charge in [-0.1, -0.05) is 0 Å². The first-order valence-electron chi connectivity index (χ1n) is 6.14. The fraction of sp³-hybridized carbons (Fsp3) is 1.00. The van der Waals surface area contributed by atoms with Gasteiger partial charge in [-0.2, -0.15) is 12.7 Å². The molecule has 1 saturated heterocycles. The minimum atomic E-state index is -3.33. The van der Waals surface area contributed by atoms with E-state index in [0.29, 0.717) is 39.1 Å². The van der Waals surface area contributed by atoms with Gasteiger partial charge >= 0.3 is 0 Å². The van der Waals surface area contributed by atoms with Crippen LogP contribution in [0.1, 0.15) is 19.3 Å². The highest BCUT2D eigenvalue weighted by molar-refractivity contribution is 7.87. The maximum atomic E-state index is 12.0. The van der Waals surface area contributed by atoms with E-state index >= 15 is 0 Å². The van der Waals surface area contributed by atoms with Gasteiger partial charge in [0.05, 0.1) is 0 Å². The molecule has 0 bridgehead atoms. The Bertz CT molecular complexity index is 348. The van der Waals surface area contributed by atoms with E-state index < -0.39 is 10.2 Å². The van der Waals surface area contributed by atoms with Crippen LogP contribution in [0.2, 0.25) is 0 Å². The number of aliphatic hydroxyl groups is 1. The van der Waals surface area contributed by atoms with E-state index in [-0.39, 0.29) is 12.0 Å². The lowest BCUT2D eigenvalue weighted by molar-refractivity contribution is 0.248. The summed E-state index contributed by atoms with van der Waals surface area (Å²) in [7, 11) is -3.33. The molecular formula is C10H21N3O3S. The smallest absolute Gasteiger partial charge is 0.279 e. The van der Waals surface area contributed by atoms with Gasteiger partial charge in [-0.05, 0) is 24.7 Å². The second-order valence-electron chi connectivity index (χ2n) is 4.95. The molecule has 0 unspecified atom stereocenters. The third-order valence-electron chi connectivity index (χ3n) is 3.64. The molecule has 0 atom stereocenters. The fourth-order valence-electron chi connectivity index (χ4n) is 2.15. The van der Waals surface area contributed by atoms with Crippen LogP contribution in [0.4, 0.5) is 0 Å². The number of piperazine rings is 1. The van der Waals surface area contributed by atoms with Gasteiger partial charge in [-0.25, -0.2) is 4.72 Å². The van der Waals surface area contributed by atoms with Crippen molar-refractivity contribution in [2.45, 2.75) is 19.3 Å². The van der Waals surface area contributed by atoms with Gasteiger partial charge in [-0.15, -0.1) is 0 Å².